The minimum Gasteiger partial charge on any atom is -0.466 e. The van der Waals surface area contributed by atoms with Crippen molar-refractivity contribution in [2.45, 2.75) is 76.7 Å². The number of amides is 1. The van der Waals surface area contributed by atoms with Gasteiger partial charge in [0.15, 0.2) is 0 Å². The number of esters is 2. The third-order valence-corrected chi connectivity index (χ3v) is 9.08. The Morgan fingerprint density at radius 2 is 1.53 bits per heavy atom. The third-order valence-electron chi connectivity index (χ3n) is 7.22. The van der Waals surface area contributed by atoms with Crippen LogP contribution in [0.5, 0.6) is 0 Å². The van der Waals surface area contributed by atoms with E-state index < -0.39 is 82.3 Å². The average Bonchev–Trinajstić information content (AvgIpc) is 3.30. The first-order valence-electron chi connectivity index (χ1n) is 14.5. The van der Waals surface area contributed by atoms with Crippen molar-refractivity contribution in [3.63, 3.8) is 0 Å². The second-order valence-electron chi connectivity index (χ2n) is 11.7. The summed E-state index contributed by atoms with van der Waals surface area (Å²) in [6.45, 7) is 9.26. The Kier molecular flexibility index (Phi) is 11.3. The monoisotopic (exact) mass is 656 g/mol. The molecule has 1 fully saturated rings. The van der Waals surface area contributed by atoms with Gasteiger partial charge in [-0.25, -0.2) is 13.2 Å². The molecule has 1 N–H and O–H groups in total. The minimum atomic E-state index is -4.64. The largest absolute Gasteiger partial charge is 0.466 e. The Hall–Kier alpha value is -3.65. The Bertz CT molecular complexity index is 1460. The van der Waals surface area contributed by atoms with Crippen LogP contribution in [0.1, 0.15) is 63.8 Å². The molecular formula is C31H39F3N2O8S. The van der Waals surface area contributed by atoms with Crippen molar-refractivity contribution >= 4 is 28.1 Å². The molecule has 0 radical (unpaired) electrons. The van der Waals surface area contributed by atoms with Crippen LogP contribution in [0.3, 0.4) is 0 Å². The van der Waals surface area contributed by atoms with Crippen LogP contribution in [0.4, 0.5) is 18.0 Å². The fraction of sp³-hybridized carbons (Fsp3) is 0.516. The summed E-state index contributed by atoms with van der Waals surface area (Å²) in [7, 11) is -4.39. The van der Waals surface area contributed by atoms with Gasteiger partial charge in [-0.1, -0.05) is 29.8 Å². The quantitative estimate of drug-likeness (QED) is 0.266. The number of hydrogen-bond donors (Lipinski definition) is 1. The van der Waals surface area contributed by atoms with Gasteiger partial charge in [-0.3, -0.25) is 9.59 Å². The molecule has 3 rings (SSSR count). The fourth-order valence-corrected chi connectivity index (χ4v) is 6.96. The van der Waals surface area contributed by atoms with Crippen LogP contribution in [0.2, 0.25) is 0 Å². The molecule has 0 aromatic heterocycles. The molecule has 2 aromatic rings. The lowest BCUT2D eigenvalue weighted by Crippen LogP contribution is -2.45. The van der Waals surface area contributed by atoms with Gasteiger partial charge < -0.3 is 19.5 Å². The molecule has 0 spiro atoms. The highest BCUT2D eigenvalue weighted by atomic mass is 32.2. The number of carbonyl (C=O) groups excluding carboxylic acids is 3. The first kappa shape index (κ1) is 35.8. The predicted molar refractivity (Wildman–Crippen MR) is 157 cm³/mol. The van der Waals surface area contributed by atoms with E-state index in [4.69, 9.17) is 14.2 Å². The second-order valence-corrected chi connectivity index (χ2v) is 13.6. The topological polar surface area (TPSA) is 128 Å². The number of halogens is 3. The Labute approximate surface area is 261 Å². The number of alkyl halides is 3. The summed E-state index contributed by atoms with van der Waals surface area (Å²) in [5.41, 5.74) is -0.933. The maximum absolute atomic E-state index is 14.1. The van der Waals surface area contributed by atoms with Crippen molar-refractivity contribution in [2.75, 3.05) is 19.8 Å². The summed E-state index contributed by atoms with van der Waals surface area (Å²) >= 11 is 0. The van der Waals surface area contributed by atoms with Gasteiger partial charge in [-0.15, -0.1) is 0 Å². The van der Waals surface area contributed by atoms with Crippen molar-refractivity contribution in [1.82, 2.24) is 9.62 Å². The van der Waals surface area contributed by atoms with Gasteiger partial charge in [0, 0.05) is 18.4 Å². The van der Waals surface area contributed by atoms with Crippen molar-refractivity contribution in [1.29, 1.82) is 0 Å². The van der Waals surface area contributed by atoms with Crippen LogP contribution >= 0.6 is 0 Å². The van der Waals surface area contributed by atoms with E-state index in [9.17, 15) is 36.0 Å². The van der Waals surface area contributed by atoms with Gasteiger partial charge >= 0.3 is 24.2 Å². The smallest absolute Gasteiger partial charge is 0.416 e. The lowest BCUT2D eigenvalue weighted by atomic mass is 9.80. The maximum Gasteiger partial charge on any atom is 0.416 e. The lowest BCUT2D eigenvalue weighted by Gasteiger charge is -2.31. The molecular weight excluding hydrogens is 617 g/mol. The highest BCUT2D eigenvalue weighted by molar-refractivity contribution is 7.89. The Morgan fingerprint density at radius 1 is 0.956 bits per heavy atom. The Morgan fingerprint density at radius 3 is 2.04 bits per heavy atom. The van der Waals surface area contributed by atoms with Gasteiger partial charge in [0.05, 0.1) is 36.1 Å². The number of ether oxygens (including phenoxy) is 3. The van der Waals surface area contributed by atoms with E-state index in [0.29, 0.717) is 0 Å². The molecule has 0 bridgehead atoms. The van der Waals surface area contributed by atoms with Crippen LogP contribution in [0.15, 0.2) is 53.4 Å². The van der Waals surface area contributed by atoms with Crippen molar-refractivity contribution in [3.05, 3.63) is 65.2 Å². The SMILES string of the molecule is CCOC(=O)C[C@@H]1[C@@H]([C@@H](NC(=O)OC(C)(C)C)c2ccc(C(F)(F)F)cc2)CN(S(=O)(=O)c2ccc(C)cc2)[C@@H]1C(=O)OCC. The normalized spacial score (nSPS) is 19.9. The van der Waals surface area contributed by atoms with Gasteiger partial charge in [-0.05, 0) is 71.4 Å². The van der Waals surface area contributed by atoms with E-state index in [2.05, 4.69) is 5.32 Å². The summed E-state index contributed by atoms with van der Waals surface area (Å²) in [4.78, 5) is 39.3. The molecule has 4 atom stereocenters. The molecule has 0 saturated carbocycles. The van der Waals surface area contributed by atoms with Crippen LogP contribution in [-0.4, -0.2) is 62.2 Å². The summed E-state index contributed by atoms with van der Waals surface area (Å²) in [6.07, 6.45) is -6.02. The van der Waals surface area contributed by atoms with E-state index in [1.165, 1.54) is 12.1 Å². The van der Waals surface area contributed by atoms with Crippen LogP contribution < -0.4 is 5.32 Å². The molecule has 10 nitrogen and oxygen atoms in total. The van der Waals surface area contributed by atoms with E-state index in [0.717, 1.165) is 34.1 Å². The van der Waals surface area contributed by atoms with Crippen LogP contribution in [-0.2, 0) is 40.0 Å². The number of nitrogens with zero attached hydrogens (tertiary/aromatic N) is 1. The van der Waals surface area contributed by atoms with Crippen molar-refractivity contribution in [3.8, 4) is 0 Å². The zero-order chi connectivity index (χ0) is 33.7. The Balaban J connectivity index is 2.22. The zero-order valence-corrected chi connectivity index (χ0v) is 26.8. The molecule has 0 aliphatic carbocycles. The number of aryl methyl sites for hydroxylation is 1. The number of rotatable bonds is 10. The number of alkyl carbamates (subject to hydrolysis) is 1. The molecule has 1 aliphatic heterocycles. The summed E-state index contributed by atoms with van der Waals surface area (Å²) in [6, 6.07) is 7.19. The predicted octanol–water partition coefficient (Wildman–Crippen LogP) is 5.40. The van der Waals surface area contributed by atoms with E-state index in [-0.39, 0.29) is 23.7 Å². The highest BCUT2D eigenvalue weighted by Gasteiger charge is 2.55. The molecule has 2 aromatic carbocycles. The summed E-state index contributed by atoms with van der Waals surface area (Å²) < 4.78 is 85.1. The van der Waals surface area contributed by atoms with Crippen molar-refractivity contribution < 1.29 is 50.2 Å². The average molecular weight is 657 g/mol. The highest BCUT2D eigenvalue weighted by Crippen LogP contribution is 2.44. The number of nitrogens with one attached hydrogen (secondary N) is 1. The van der Waals surface area contributed by atoms with E-state index in [1.54, 1.807) is 53.7 Å². The molecule has 1 amide bonds. The molecule has 14 heteroatoms. The first-order valence-corrected chi connectivity index (χ1v) is 15.9. The first-order chi connectivity index (χ1) is 20.9. The van der Waals surface area contributed by atoms with Crippen molar-refractivity contribution in [2.24, 2.45) is 11.8 Å². The lowest BCUT2D eigenvalue weighted by molar-refractivity contribution is -0.150. The van der Waals surface area contributed by atoms with Crippen LogP contribution in [0, 0.1) is 18.8 Å². The molecule has 1 aliphatic rings. The van der Waals surface area contributed by atoms with E-state index in [1.807, 2.05) is 0 Å². The minimum absolute atomic E-state index is 0.00413. The molecule has 0 unspecified atom stereocenters. The molecule has 1 saturated heterocycles. The number of benzene rings is 2. The molecule has 45 heavy (non-hydrogen) atoms. The summed E-state index contributed by atoms with van der Waals surface area (Å²) in [5.74, 6) is -3.80. The maximum atomic E-state index is 14.1. The third kappa shape index (κ3) is 8.97. The molecule has 1 heterocycles. The van der Waals surface area contributed by atoms with Gasteiger partial charge in [0.2, 0.25) is 10.0 Å². The van der Waals surface area contributed by atoms with Gasteiger partial charge in [0.25, 0.3) is 0 Å². The standard InChI is InChI=1S/C31H39F3N2O8S/c1-7-42-25(37)17-23-24(18-36(27(23)28(38)43-8-2)45(40,41)22-15-9-19(3)10-16-22)26(35-29(39)44-30(4,5)6)20-11-13-21(14-12-20)31(32,33)34/h9-16,23-24,26-27H,7-8,17-18H2,1-6H3,(H,35,39)/t23-,24+,26+,27+/m1/s1. The van der Waals surface area contributed by atoms with E-state index >= 15 is 0 Å². The summed E-state index contributed by atoms with van der Waals surface area (Å²) in [5, 5.41) is 2.67. The van der Waals surface area contributed by atoms with Gasteiger partial charge in [-0.2, -0.15) is 17.5 Å². The fourth-order valence-electron chi connectivity index (χ4n) is 5.30. The van der Waals surface area contributed by atoms with Crippen LogP contribution in [0.25, 0.3) is 0 Å². The zero-order valence-electron chi connectivity index (χ0n) is 26.0. The van der Waals surface area contributed by atoms with Gasteiger partial charge in [0.1, 0.15) is 11.6 Å². The number of sulfonamides is 1. The molecule has 248 valence electrons. The number of hydrogen-bond acceptors (Lipinski definition) is 8. The second kappa shape index (κ2) is 14.2. The number of carbonyl (C=O) groups is 3.